The highest BCUT2D eigenvalue weighted by molar-refractivity contribution is 8.04. The van der Waals surface area contributed by atoms with Gasteiger partial charge in [0.2, 0.25) is 10.0 Å². The second kappa shape index (κ2) is 6.56. The van der Waals surface area contributed by atoms with Gasteiger partial charge in [0, 0.05) is 0 Å². The van der Waals surface area contributed by atoms with Crippen LogP contribution in [0.15, 0.2) is 57.2 Å². The van der Waals surface area contributed by atoms with Gasteiger partial charge < -0.3 is 0 Å². The fourth-order valence-corrected chi connectivity index (χ4v) is 7.09. The number of primary sulfonamides is 1. The van der Waals surface area contributed by atoms with E-state index in [0.29, 0.717) is 18.0 Å². The SMILES string of the molecule is NS(=O)(=O)c1cc2c(cc1Cl)N=CN(S(=O)(=O)Cc1ccccc1)S2(=O)=O. The minimum Gasteiger partial charge on any atom is -0.236 e. The monoisotopic (exact) mass is 449 g/mol. The van der Waals surface area contributed by atoms with Crippen LogP contribution in [0.25, 0.3) is 0 Å². The first-order chi connectivity index (χ1) is 12.4. The van der Waals surface area contributed by atoms with Crippen molar-refractivity contribution in [3.05, 3.63) is 53.1 Å². The molecule has 144 valence electrons. The van der Waals surface area contributed by atoms with E-state index in [9.17, 15) is 25.3 Å². The summed E-state index contributed by atoms with van der Waals surface area (Å²) in [5.41, 5.74) is 0.173. The van der Waals surface area contributed by atoms with Gasteiger partial charge in [0.05, 0.1) is 16.5 Å². The zero-order valence-electron chi connectivity index (χ0n) is 13.3. The van der Waals surface area contributed by atoms with Gasteiger partial charge in [-0.2, -0.15) is 8.42 Å². The summed E-state index contributed by atoms with van der Waals surface area (Å²) in [4.78, 5) is 2.51. The Hall–Kier alpha value is -1.99. The molecule has 1 aliphatic rings. The molecule has 0 aliphatic carbocycles. The Morgan fingerprint density at radius 2 is 1.70 bits per heavy atom. The van der Waals surface area contributed by atoms with Gasteiger partial charge in [0.25, 0.3) is 20.0 Å². The molecular formula is C14H12ClN3O6S3. The molecule has 0 amide bonds. The molecule has 0 fully saturated rings. The van der Waals surface area contributed by atoms with Gasteiger partial charge in [0.15, 0.2) is 0 Å². The predicted molar refractivity (Wildman–Crippen MR) is 99.1 cm³/mol. The molecular weight excluding hydrogens is 438 g/mol. The summed E-state index contributed by atoms with van der Waals surface area (Å²) in [6.45, 7) is 0. The molecule has 3 rings (SSSR count). The molecule has 0 radical (unpaired) electrons. The third kappa shape index (κ3) is 3.71. The number of nitrogens with two attached hydrogens (primary N) is 1. The van der Waals surface area contributed by atoms with Gasteiger partial charge in [0.1, 0.15) is 16.1 Å². The summed E-state index contributed by atoms with van der Waals surface area (Å²) in [5.74, 6) is -0.593. The van der Waals surface area contributed by atoms with Gasteiger partial charge in [-0.3, -0.25) is 0 Å². The third-order valence-corrected chi connectivity index (χ3v) is 9.03. The molecule has 0 unspecified atom stereocenters. The molecule has 0 bridgehead atoms. The molecule has 13 heteroatoms. The van der Waals surface area contributed by atoms with Gasteiger partial charge in [-0.1, -0.05) is 41.9 Å². The Bertz CT molecular complexity index is 1260. The van der Waals surface area contributed by atoms with Gasteiger partial charge in [-0.15, -0.1) is 3.71 Å². The summed E-state index contributed by atoms with van der Waals surface area (Å²) < 4.78 is 74.2. The van der Waals surface area contributed by atoms with E-state index in [4.69, 9.17) is 16.7 Å². The maximum Gasteiger partial charge on any atom is 0.280 e. The summed E-state index contributed by atoms with van der Waals surface area (Å²) in [6, 6.07) is 9.65. The number of hydrogen-bond acceptors (Lipinski definition) is 7. The van der Waals surface area contributed by atoms with Crippen LogP contribution in [-0.2, 0) is 35.8 Å². The number of aliphatic imine (C=N–C) groups is 1. The lowest BCUT2D eigenvalue weighted by atomic mass is 10.2. The quantitative estimate of drug-likeness (QED) is 0.741. The minimum atomic E-state index is -4.64. The molecule has 2 aromatic carbocycles. The van der Waals surface area contributed by atoms with Crippen LogP contribution in [0.5, 0.6) is 0 Å². The zero-order valence-corrected chi connectivity index (χ0v) is 16.6. The van der Waals surface area contributed by atoms with Crippen LogP contribution in [0.2, 0.25) is 5.02 Å². The molecule has 0 spiro atoms. The molecule has 27 heavy (non-hydrogen) atoms. The van der Waals surface area contributed by atoms with E-state index in [1.165, 1.54) is 12.1 Å². The van der Waals surface area contributed by atoms with Crippen molar-refractivity contribution in [1.29, 1.82) is 0 Å². The van der Waals surface area contributed by atoms with Gasteiger partial charge >= 0.3 is 0 Å². The standard InChI is InChI=1S/C14H12ClN3O6S3/c15-11-6-12-14(7-13(11)26(16,21)22)27(23,24)18(9-17-12)25(19,20)8-10-4-2-1-3-5-10/h1-7,9H,8H2,(H2,16,21,22). The van der Waals surface area contributed by atoms with E-state index in [1.807, 2.05) is 0 Å². The van der Waals surface area contributed by atoms with E-state index in [0.717, 1.165) is 6.07 Å². The fraction of sp³-hybridized carbons (Fsp3) is 0.0714. The molecule has 9 nitrogen and oxygen atoms in total. The summed E-state index contributed by atoms with van der Waals surface area (Å²) in [7, 11) is -13.3. The molecule has 2 N–H and O–H groups in total. The van der Waals surface area contributed by atoms with Crippen molar-refractivity contribution in [2.75, 3.05) is 0 Å². The molecule has 0 atom stereocenters. The fourth-order valence-electron chi connectivity index (χ4n) is 2.39. The van der Waals surface area contributed by atoms with Crippen LogP contribution in [0, 0.1) is 0 Å². The lowest BCUT2D eigenvalue weighted by Gasteiger charge is -2.24. The Balaban J connectivity index is 2.12. The number of rotatable bonds is 4. The molecule has 2 aromatic rings. The van der Waals surface area contributed by atoms with Crippen molar-refractivity contribution in [1.82, 2.24) is 3.71 Å². The second-order valence-electron chi connectivity index (χ2n) is 5.51. The van der Waals surface area contributed by atoms with E-state index >= 15 is 0 Å². The minimum absolute atomic E-state index is 0.107. The van der Waals surface area contributed by atoms with Crippen molar-refractivity contribution in [3.63, 3.8) is 0 Å². The topological polar surface area (TPSA) is 144 Å². The van der Waals surface area contributed by atoms with Crippen LogP contribution >= 0.6 is 11.6 Å². The van der Waals surface area contributed by atoms with Crippen molar-refractivity contribution < 1.29 is 25.3 Å². The Morgan fingerprint density at radius 3 is 2.30 bits per heavy atom. The lowest BCUT2D eigenvalue weighted by Crippen LogP contribution is -2.38. The van der Waals surface area contributed by atoms with Gasteiger partial charge in [-0.05, 0) is 17.7 Å². The molecule has 0 aromatic heterocycles. The van der Waals surface area contributed by atoms with E-state index in [-0.39, 0.29) is 14.4 Å². The Labute approximate surface area is 161 Å². The molecule has 0 saturated carbocycles. The lowest BCUT2D eigenvalue weighted by molar-refractivity contribution is 0.546. The van der Waals surface area contributed by atoms with Crippen LogP contribution < -0.4 is 5.14 Å². The maximum absolute atomic E-state index is 12.8. The van der Waals surface area contributed by atoms with Crippen LogP contribution in [0.1, 0.15) is 5.56 Å². The maximum atomic E-state index is 12.8. The van der Waals surface area contributed by atoms with Crippen molar-refractivity contribution >= 4 is 53.7 Å². The average Bonchev–Trinajstić information content (AvgIpc) is 2.53. The number of hydrogen-bond donors (Lipinski definition) is 1. The number of sulfonamides is 3. The summed E-state index contributed by atoms with van der Waals surface area (Å²) in [6.07, 6.45) is 0.642. The Kier molecular flexibility index (Phi) is 4.80. The first-order valence-electron chi connectivity index (χ1n) is 7.15. The second-order valence-corrected chi connectivity index (χ2v) is 11.3. The van der Waals surface area contributed by atoms with Crippen molar-refractivity contribution in [3.8, 4) is 0 Å². The number of benzene rings is 2. The molecule has 1 aliphatic heterocycles. The zero-order chi connectivity index (χ0) is 20.0. The average molecular weight is 450 g/mol. The van der Waals surface area contributed by atoms with Crippen LogP contribution in [-0.4, -0.2) is 35.3 Å². The summed E-state index contributed by atoms with van der Waals surface area (Å²) >= 11 is 5.81. The Morgan fingerprint density at radius 1 is 1.07 bits per heavy atom. The summed E-state index contributed by atoms with van der Waals surface area (Å²) in [5, 5.41) is 4.70. The molecule has 1 heterocycles. The highest BCUT2D eigenvalue weighted by Crippen LogP contribution is 2.37. The van der Waals surface area contributed by atoms with Gasteiger partial charge in [-0.25, -0.2) is 27.0 Å². The van der Waals surface area contributed by atoms with E-state index < -0.39 is 45.6 Å². The number of fused-ring (bicyclic) bond motifs is 1. The van der Waals surface area contributed by atoms with E-state index in [2.05, 4.69) is 4.99 Å². The first kappa shape index (κ1) is 19.8. The first-order valence-corrected chi connectivity index (χ1v) is 12.1. The highest BCUT2D eigenvalue weighted by Gasteiger charge is 2.38. The number of halogens is 1. The third-order valence-electron chi connectivity index (χ3n) is 3.59. The van der Waals surface area contributed by atoms with Crippen LogP contribution in [0.3, 0.4) is 0 Å². The smallest absolute Gasteiger partial charge is 0.236 e. The van der Waals surface area contributed by atoms with E-state index in [1.54, 1.807) is 18.2 Å². The van der Waals surface area contributed by atoms with Crippen molar-refractivity contribution in [2.45, 2.75) is 15.5 Å². The highest BCUT2D eigenvalue weighted by atomic mass is 35.5. The number of nitrogens with zero attached hydrogens (tertiary/aromatic N) is 2. The van der Waals surface area contributed by atoms with Crippen molar-refractivity contribution in [2.24, 2.45) is 10.1 Å². The largest absolute Gasteiger partial charge is 0.280 e. The van der Waals surface area contributed by atoms with Crippen LogP contribution in [0.4, 0.5) is 5.69 Å². The normalized spacial score (nSPS) is 16.1. The predicted octanol–water partition coefficient (Wildman–Crippen LogP) is 1.18. The molecule has 0 saturated heterocycles.